The van der Waals surface area contributed by atoms with Gasteiger partial charge in [-0.3, -0.25) is 0 Å². The summed E-state index contributed by atoms with van der Waals surface area (Å²) in [4.78, 5) is 0. The summed E-state index contributed by atoms with van der Waals surface area (Å²) in [5, 5.41) is 2.96. The molecule has 0 amide bonds. The number of hydrogen-bond acceptors (Lipinski definition) is 6. The van der Waals surface area contributed by atoms with Crippen molar-refractivity contribution in [1.29, 1.82) is 0 Å². The van der Waals surface area contributed by atoms with E-state index < -0.39 is 21.6 Å². The van der Waals surface area contributed by atoms with Crippen LogP contribution in [-0.4, -0.2) is 25.6 Å². The molecule has 0 aliphatic carbocycles. The van der Waals surface area contributed by atoms with Gasteiger partial charge in [-0.05, 0) is 0 Å². The lowest BCUT2D eigenvalue weighted by atomic mass is 10.1. The molecule has 0 bridgehead atoms. The fraction of sp³-hybridized carbons (Fsp3) is 0.500. The molecular formula is C8H8F3NO4S2. The van der Waals surface area contributed by atoms with E-state index in [1.807, 2.05) is 0 Å². The summed E-state index contributed by atoms with van der Waals surface area (Å²) in [5.74, 6) is 0.360. The van der Waals surface area contributed by atoms with Crippen LogP contribution in [0.3, 0.4) is 0 Å². The van der Waals surface area contributed by atoms with Gasteiger partial charge in [0.15, 0.2) is 0 Å². The lowest BCUT2D eigenvalue weighted by Gasteiger charge is -2.27. The Labute approximate surface area is 105 Å². The van der Waals surface area contributed by atoms with Gasteiger partial charge in [0.1, 0.15) is 6.26 Å². The normalized spacial score (nSPS) is 24.1. The van der Waals surface area contributed by atoms with Crippen molar-refractivity contribution in [2.45, 2.75) is 5.51 Å². The SMILES string of the molecule is O=S(=O)(OC1=CC2CSCNC2=CO1)C(F)(F)F. The van der Waals surface area contributed by atoms with E-state index in [-0.39, 0.29) is 5.92 Å². The highest BCUT2D eigenvalue weighted by Gasteiger charge is 2.49. The zero-order chi connectivity index (χ0) is 13.4. The van der Waals surface area contributed by atoms with E-state index in [0.717, 1.165) is 6.26 Å². The fourth-order valence-electron chi connectivity index (χ4n) is 1.34. The molecule has 18 heavy (non-hydrogen) atoms. The first-order valence-electron chi connectivity index (χ1n) is 4.70. The van der Waals surface area contributed by atoms with Gasteiger partial charge >= 0.3 is 15.6 Å². The number of allylic oxidation sites excluding steroid dienone is 1. The van der Waals surface area contributed by atoms with Gasteiger partial charge in [0, 0.05) is 17.7 Å². The number of alkyl halides is 3. The summed E-state index contributed by atoms with van der Waals surface area (Å²) >= 11 is 1.53. The maximum Gasteiger partial charge on any atom is 0.534 e. The van der Waals surface area contributed by atoms with E-state index in [1.165, 1.54) is 17.8 Å². The average molecular weight is 303 g/mol. The van der Waals surface area contributed by atoms with Crippen LogP contribution >= 0.6 is 11.8 Å². The Hall–Kier alpha value is -1.03. The standard InChI is InChI=1S/C8H8F3NO4S2/c9-8(10,11)18(13,14)16-7-1-5-3-17-4-12-6(5)2-15-7/h1-2,5,12H,3-4H2. The van der Waals surface area contributed by atoms with E-state index in [9.17, 15) is 21.6 Å². The lowest BCUT2D eigenvalue weighted by molar-refractivity contribution is -0.0550. The summed E-state index contributed by atoms with van der Waals surface area (Å²) in [6, 6.07) is 0. The number of hydrogen-bond donors (Lipinski definition) is 1. The molecule has 102 valence electrons. The second kappa shape index (κ2) is 4.57. The van der Waals surface area contributed by atoms with Crippen LogP contribution in [0, 0.1) is 5.92 Å². The number of rotatable bonds is 2. The van der Waals surface area contributed by atoms with Gasteiger partial charge in [0.25, 0.3) is 5.95 Å². The Balaban J connectivity index is 2.11. The van der Waals surface area contributed by atoms with Crippen molar-refractivity contribution in [3.05, 3.63) is 24.0 Å². The highest BCUT2D eigenvalue weighted by atomic mass is 32.2. The van der Waals surface area contributed by atoms with Crippen molar-refractivity contribution in [2.24, 2.45) is 5.92 Å². The van der Waals surface area contributed by atoms with Gasteiger partial charge in [-0.15, -0.1) is 11.8 Å². The minimum atomic E-state index is -5.68. The van der Waals surface area contributed by atoms with Crippen molar-refractivity contribution >= 4 is 21.9 Å². The van der Waals surface area contributed by atoms with Crippen molar-refractivity contribution < 1.29 is 30.5 Å². The Kier molecular flexibility index (Phi) is 3.41. The first kappa shape index (κ1) is 13.4. The molecule has 0 aromatic heterocycles. The van der Waals surface area contributed by atoms with E-state index in [2.05, 4.69) is 9.50 Å². The Morgan fingerprint density at radius 2 is 2.22 bits per heavy atom. The van der Waals surface area contributed by atoms with E-state index in [4.69, 9.17) is 4.74 Å². The molecule has 2 rings (SSSR count). The topological polar surface area (TPSA) is 64.6 Å². The summed E-state index contributed by atoms with van der Waals surface area (Å²) < 4.78 is 66.4. The summed E-state index contributed by atoms with van der Waals surface area (Å²) in [6.45, 7) is 0. The molecular weight excluding hydrogens is 295 g/mol. The molecule has 2 aliphatic rings. The van der Waals surface area contributed by atoms with Crippen molar-refractivity contribution in [2.75, 3.05) is 11.6 Å². The lowest BCUT2D eigenvalue weighted by Crippen LogP contribution is -2.30. The maximum atomic E-state index is 12.1. The van der Waals surface area contributed by atoms with Crippen LogP contribution in [0.5, 0.6) is 0 Å². The van der Waals surface area contributed by atoms with E-state index >= 15 is 0 Å². The van der Waals surface area contributed by atoms with Gasteiger partial charge in [0.05, 0.1) is 11.6 Å². The fourth-order valence-corrected chi connectivity index (χ4v) is 2.66. The van der Waals surface area contributed by atoms with Crippen LogP contribution in [0.2, 0.25) is 0 Å². The van der Waals surface area contributed by atoms with E-state index in [1.54, 1.807) is 0 Å². The zero-order valence-corrected chi connectivity index (χ0v) is 10.4. The van der Waals surface area contributed by atoms with Gasteiger partial charge in [0.2, 0.25) is 0 Å². The molecule has 10 heteroatoms. The molecule has 0 radical (unpaired) electrons. The predicted octanol–water partition coefficient (Wildman–Crippen LogP) is 1.48. The number of nitrogens with one attached hydrogen (secondary N) is 1. The Morgan fingerprint density at radius 3 is 2.89 bits per heavy atom. The smallest absolute Gasteiger partial charge is 0.432 e. The van der Waals surface area contributed by atoms with Crippen LogP contribution in [0.25, 0.3) is 0 Å². The quantitative estimate of drug-likeness (QED) is 0.616. The molecule has 0 aromatic rings. The molecule has 1 unspecified atom stereocenters. The Bertz CT molecular complexity index is 497. The van der Waals surface area contributed by atoms with Gasteiger partial charge in [-0.25, -0.2) is 0 Å². The molecule has 1 saturated heterocycles. The highest BCUT2D eigenvalue weighted by Crippen LogP contribution is 2.31. The molecule has 1 atom stereocenters. The summed E-state index contributed by atoms with van der Waals surface area (Å²) in [7, 11) is -5.68. The largest absolute Gasteiger partial charge is 0.534 e. The maximum absolute atomic E-state index is 12.1. The summed E-state index contributed by atoms with van der Waals surface area (Å²) in [6.07, 6.45) is 2.36. The third kappa shape index (κ3) is 2.69. The van der Waals surface area contributed by atoms with Gasteiger partial charge in [-0.1, -0.05) is 0 Å². The van der Waals surface area contributed by atoms with E-state index in [0.29, 0.717) is 17.3 Å². The molecule has 1 N–H and O–H groups in total. The molecule has 0 saturated carbocycles. The average Bonchev–Trinajstić information content (AvgIpc) is 2.27. The molecule has 5 nitrogen and oxygen atoms in total. The summed E-state index contributed by atoms with van der Waals surface area (Å²) in [5.41, 5.74) is -4.79. The van der Waals surface area contributed by atoms with Crippen LogP contribution in [0.1, 0.15) is 0 Å². The first-order valence-corrected chi connectivity index (χ1v) is 7.27. The first-order chi connectivity index (χ1) is 8.29. The van der Waals surface area contributed by atoms with Crippen LogP contribution in [0.4, 0.5) is 13.2 Å². The Morgan fingerprint density at radius 1 is 1.50 bits per heavy atom. The molecule has 0 aromatic carbocycles. The molecule has 2 heterocycles. The number of fused-ring (bicyclic) bond motifs is 1. The van der Waals surface area contributed by atoms with Gasteiger partial charge in [-0.2, -0.15) is 21.6 Å². The van der Waals surface area contributed by atoms with Crippen molar-refractivity contribution in [1.82, 2.24) is 5.32 Å². The van der Waals surface area contributed by atoms with Crippen LogP contribution in [-0.2, 0) is 19.0 Å². The predicted molar refractivity (Wildman–Crippen MR) is 57.3 cm³/mol. The molecule has 0 spiro atoms. The minimum Gasteiger partial charge on any atom is -0.432 e. The third-order valence-corrected chi connectivity index (χ3v) is 4.08. The highest BCUT2D eigenvalue weighted by molar-refractivity contribution is 7.99. The van der Waals surface area contributed by atoms with Gasteiger partial charge < -0.3 is 14.2 Å². The van der Waals surface area contributed by atoms with Crippen LogP contribution in [0.15, 0.2) is 24.0 Å². The monoisotopic (exact) mass is 303 g/mol. The second-order valence-corrected chi connectivity index (χ2v) is 6.03. The zero-order valence-electron chi connectivity index (χ0n) is 8.73. The number of ether oxygens (including phenoxy) is 1. The second-order valence-electron chi connectivity index (χ2n) is 3.46. The molecule has 1 fully saturated rings. The molecule has 2 aliphatic heterocycles. The number of thioether (sulfide) groups is 1. The number of halogens is 3. The van der Waals surface area contributed by atoms with Crippen molar-refractivity contribution in [3.63, 3.8) is 0 Å². The minimum absolute atomic E-state index is 0.240. The van der Waals surface area contributed by atoms with Crippen molar-refractivity contribution in [3.8, 4) is 0 Å². The third-order valence-electron chi connectivity index (χ3n) is 2.19. The van der Waals surface area contributed by atoms with Crippen LogP contribution < -0.4 is 5.32 Å².